The first-order valence-electron chi connectivity index (χ1n) is 11.0. The Bertz CT molecular complexity index is 1200. The molecule has 5 rings (SSSR count). The number of non-ortho nitro benzene ring substituents is 1. The zero-order chi connectivity index (χ0) is 24.1. The monoisotopic (exact) mass is 465 g/mol. The lowest BCUT2D eigenvalue weighted by Crippen LogP contribution is -2.46. The number of methoxy groups -OCH3 is 2. The molecule has 10 heteroatoms. The molecule has 3 heterocycles. The second kappa shape index (κ2) is 8.21. The highest BCUT2D eigenvalue weighted by Crippen LogP contribution is 2.50. The van der Waals surface area contributed by atoms with Crippen LogP contribution in [0.4, 0.5) is 11.4 Å². The molecule has 3 saturated heterocycles. The Morgan fingerprint density at radius 3 is 2.38 bits per heavy atom. The van der Waals surface area contributed by atoms with Crippen LogP contribution in [-0.2, 0) is 9.59 Å². The average Bonchev–Trinajstić information content (AvgIpc) is 3.50. The van der Waals surface area contributed by atoms with Gasteiger partial charge in [-0.25, -0.2) is 4.90 Å². The quantitative estimate of drug-likeness (QED) is 0.276. The van der Waals surface area contributed by atoms with Gasteiger partial charge in [0.15, 0.2) is 5.78 Å². The number of rotatable bonds is 6. The number of amides is 2. The van der Waals surface area contributed by atoms with Gasteiger partial charge in [0.1, 0.15) is 17.2 Å². The maximum atomic E-state index is 13.7. The van der Waals surface area contributed by atoms with E-state index < -0.39 is 34.6 Å². The van der Waals surface area contributed by atoms with E-state index in [1.165, 1.54) is 32.4 Å². The molecule has 176 valence electrons. The lowest BCUT2D eigenvalue weighted by Gasteiger charge is -2.28. The van der Waals surface area contributed by atoms with Crippen LogP contribution in [0.2, 0.25) is 0 Å². The van der Waals surface area contributed by atoms with Crippen molar-refractivity contribution in [2.24, 2.45) is 11.8 Å². The van der Waals surface area contributed by atoms with Crippen LogP contribution in [0.3, 0.4) is 0 Å². The number of fused-ring (bicyclic) bond motifs is 3. The minimum absolute atomic E-state index is 0.0290. The number of imide groups is 1. The molecule has 34 heavy (non-hydrogen) atoms. The molecule has 4 unspecified atom stereocenters. The van der Waals surface area contributed by atoms with Gasteiger partial charge >= 0.3 is 0 Å². The molecular formula is C24H23N3O7. The van der Waals surface area contributed by atoms with Crippen molar-refractivity contribution in [3.63, 3.8) is 0 Å². The van der Waals surface area contributed by atoms with E-state index in [1.807, 2.05) is 4.90 Å². The predicted molar refractivity (Wildman–Crippen MR) is 120 cm³/mol. The number of ether oxygens (including phenoxy) is 2. The number of carbonyl (C=O) groups excluding carboxylic acids is 3. The van der Waals surface area contributed by atoms with Gasteiger partial charge in [-0.1, -0.05) is 0 Å². The SMILES string of the molecule is COc1ccc(C(=O)C2C3C(=O)N(c4cc([N+](=O)[O-])ccc4OC)C(=O)C3C3CCCN32)cc1. The number of Topliss-reactive ketones (excluding diaryl/α,β-unsaturated/α-hetero) is 1. The third-order valence-electron chi connectivity index (χ3n) is 7.11. The van der Waals surface area contributed by atoms with Gasteiger partial charge in [0.05, 0.1) is 37.0 Å². The summed E-state index contributed by atoms with van der Waals surface area (Å²) in [7, 11) is 2.90. The molecule has 10 nitrogen and oxygen atoms in total. The van der Waals surface area contributed by atoms with E-state index in [1.54, 1.807) is 24.3 Å². The molecule has 2 aromatic carbocycles. The first kappa shape index (κ1) is 22.0. The Morgan fingerprint density at radius 1 is 1.03 bits per heavy atom. The van der Waals surface area contributed by atoms with Crippen LogP contribution in [0, 0.1) is 22.0 Å². The first-order valence-corrected chi connectivity index (χ1v) is 11.0. The van der Waals surface area contributed by atoms with Crippen LogP contribution in [0.1, 0.15) is 23.2 Å². The van der Waals surface area contributed by atoms with E-state index in [-0.39, 0.29) is 28.9 Å². The number of nitro benzene ring substituents is 1. The second-order valence-corrected chi connectivity index (χ2v) is 8.66. The van der Waals surface area contributed by atoms with Gasteiger partial charge in [0.2, 0.25) is 11.8 Å². The Balaban J connectivity index is 1.56. The maximum Gasteiger partial charge on any atom is 0.271 e. The van der Waals surface area contributed by atoms with Gasteiger partial charge in [0, 0.05) is 23.7 Å². The highest BCUT2D eigenvalue weighted by atomic mass is 16.6. The normalized spacial score (nSPS) is 25.9. The molecule has 0 aromatic heterocycles. The Morgan fingerprint density at radius 2 is 1.74 bits per heavy atom. The number of hydrogen-bond donors (Lipinski definition) is 0. The highest BCUT2D eigenvalue weighted by molar-refractivity contribution is 6.25. The molecule has 0 saturated carbocycles. The molecule has 0 bridgehead atoms. The van der Waals surface area contributed by atoms with E-state index in [9.17, 15) is 24.5 Å². The zero-order valence-corrected chi connectivity index (χ0v) is 18.7. The summed E-state index contributed by atoms with van der Waals surface area (Å²) in [5.74, 6) is -1.98. The van der Waals surface area contributed by atoms with Gasteiger partial charge in [-0.05, 0) is 49.7 Å². The standard InChI is InChI=1S/C24H23N3O7/c1-33-15-8-5-13(6-9-15)22(28)21-20-19(16-4-3-11-25(16)21)23(29)26(24(20)30)17-12-14(27(31)32)7-10-18(17)34-2/h5-10,12,16,19-21H,3-4,11H2,1-2H3. The lowest BCUT2D eigenvalue weighted by atomic mass is 9.85. The number of hydrogen-bond acceptors (Lipinski definition) is 8. The first-order chi connectivity index (χ1) is 16.4. The van der Waals surface area contributed by atoms with Crippen molar-refractivity contribution < 1.29 is 28.8 Å². The van der Waals surface area contributed by atoms with Crippen molar-refractivity contribution >= 4 is 29.0 Å². The van der Waals surface area contributed by atoms with Crippen LogP contribution in [0.15, 0.2) is 42.5 Å². The summed E-state index contributed by atoms with van der Waals surface area (Å²) in [6.45, 7) is 0.630. The molecule has 0 aliphatic carbocycles. The lowest BCUT2D eigenvalue weighted by molar-refractivity contribution is -0.384. The number of nitrogens with zero attached hydrogens (tertiary/aromatic N) is 3. The molecule has 0 radical (unpaired) electrons. The van der Waals surface area contributed by atoms with Crippen molar-refractivity contribution in [3.8, 4) is 11.5 Å². The average molecular weight is 465 g/mol. The molecule has 3 fully saturated rings. The fraction of sp³-hybridized carbons (Fsp3) is 0.375. The van der Waals surface area contributed by atoms with Gasteiger partial charge in [-0.2, -0.15) is 0 Å². The predicted octanol–water partition coefficient (Wildman–Crippen LogP) is 2.45. The summed E-state index contributed by atoms with van der Waals surface area (Å²) in [6, 6.07) is 9.45. The van der Waals surface area contributed by atoms with Crippen molar-refractivity contribution in [2.45, 2.75) is 24.9 Å². The fourth-order valence-corrected chi connectivity index (χ4v) is 5.65. The molecule has 3 aliphatic rings. The largest absolute Gasteiger partial charge is 0.497 e. The Hall–Kier alpha value is -3.79. The summed E-state index contributed by atoms with van der Waals surface area (Å²) in [6.07, 6.45) is 1.52. The van der Waals surface area contributed by atoms with E-state index in [2.05, 4.69) is 0 Å². The maximum absolute atomic E-state index is 13.7. The third kappa shape index (κ3) is 3.17. The van der Waals surface area contributed by atoms with Crippen LogP contribution in [0.5, 0.6) is 11.5 Å². The third-order valence-corrected chi connectivity index (χ3v) is 7.11. The Kier molecular flexibility index (Phi) is 5.32. The minimum atomic E-state index is -0.864. The number of benzene rings is 2. The van der Waals surface area contributed by atoms with E-state index in [0.29, 0.717) is 24.3 Å². The second-order valence-electron chi connectivity index (χ2n) is 8.66. The summed E-state index contributed by atoms with van der Waals surface area (Å²) in [5, 5.41) is 11.3. The zero-order valence-electron chi connectivity index (χ0n) is 18.7. The number of anilines is 1. The molecule has 0 spiro atoms. The molecule has 0 N–H and O–H groups in total. The minimum Gasteiger partial charge on any atom is -0.497 e. The van der Waals surface area contributed by atoms with Crippen LogP contribution >= 0.6 is 0 Å². The van der Waals surface area contributed by atoms with Gasteiger partial charge in [-0.3, -0.25) is 29.4 Å². The van der Waals surface area contributed by atoms with Gasteiger partial charge in [-0.15, -0.1) is 0 Å². The van der Waals surface area contributed by atoms with Crippen LogP contribution in [0.25, 0.3) is 0 Å². The summed E-state index contributed by atoms with van der Waals surface area (Å²) in [4.78, 5) is 54.6. The van der Waals surface area contributed by atoms with Crippen molar-refractivity contribution in [3.05, 3.63) is 58.1 Å². The van der Waals surface area contributed by atoms with Crippen molar-refractivity contribution in [1.82, 2.24) is 4.90 Å². The highest BCUT2D eigenvalue weighted by Gasteiger charge is 2.65. The topological polar surface area (TPSA) is 119 Å². The van der Waals surface area contributed by atoms with Gasteiger partial charge < -0.3 is 9.47 Å². The molecular weight excluding hydrogens is 442 g/mol. The summed E-state index contributed by atoms with van der Waals surface area (Å²) >= 11 is 0. The van der Waals surface area contributed by atoms with E-state index in [0.717, 1.165) is 11.3 Å². The van der Waals surface area contributed by atoms with Gasteiger partial charge in [0.25, 0.3) is 5.69 Å². The van der Waals surface area contributed by atoms with Crippen LogP contribution < -0.4 is 14.4 Å². The van der Waals surface area contributed by atoms with E-state index >= 15 is 0 Å². The Labute approximate surface area is 195 Å². The smallest absolute Gasteiger partial charge is 0.271 e. The fourth-order valence-electron chi connectivity index (χ4n) is 5.65. The van der Waals surface area contributed by atoms with Crippen molar-refractivity contribution in [1.29, 1.82) is 0 Å². The van der Waals surface area contributed by atoms with Crippen LogP contribution in [-0.4, -0.2) is 60.3 Å². The number of carbonyl (C=O) groups is 3. The molecule has 3 aliphatic heterocycles. The van der Waals surface area contributed by atoms with Crippen molar-refractivity contribution in [2.75, 3.05) is 25.7 Å². The molecule has 4 atom stereocenters. The molecule has 2 amide bonds. The summed E-state index contributed by atoms with van der Waals surface area (Å²) in [5.41, 5.74) is 0.201. The number of ketones is 1. The van der Waals surface area contributed by atoms with E-state index in [4.69, 9.17) is 9.47 Å². The summed E-state index contributed by atoms with van der Waals surface area (Å²) < 4.78 is 10.5. The number of nitro groups is 1. The molecule has 2 aromatic rings.